The van der Waals surface area contributed by atoms with Crippen LogP contribution in [0, 0.1) is 0 Å². The zero-order valence-electron chi connectivity index (χ0n) is 15.1. The molecule has 0 unspecified atom stereocenters. The smallest absolute Gasteiger partial charge is 0.253 e. The van der Waals surface area contributed by atoms with Gasteiger partial charge < -0.3 is 5.32 Å². The van der Waals surface area contributed by atoms with Crippen molar-refractivity contribution in [3.8, 4) is 0 Å². The highest BCUT2D eigenvalue weighted by atomic mass is 35.5. The molecule has 1 amide bonds. The van der Waals surface area contributed by atoms with Crippen LogP contribution in [0.15, 0.2) is 36.4 Å². The van der Waals surface area contributed by atoms with Crippen molar-refractivity contribution >= 4 is 33.2 Å². The van der Waals surface area contributed by atoms with E-state index in [9.17, 15) is 13.2 Å². The molecule has 2 aromatic rings. The first-order valence-corrected chi connectivity index (χ1v) is 10.7. The second-order valence-electron chi connectivity index (χ2n) is 6.06. The van der Waals surface area contributed by atoms with Crippen molar-refractivity contribution in [2.45, 2.75) is 33.2 Å². The van der Waals surface area contributed by atoms with E-state index >= 15 is 0 Å². The molecule has 0 fully saturated rings. The number of nitrogens with one attached hydrogen (secondary N) is 2. The number of hydrogen-bond acceptors (Lipinski definition) is 3. The van der Waals surface area contributed by atoms with E-state index in [1.54, 1.807) is 0 Å². The van der Waals surface area contributed by atoms with Crippen LogP contribution in [0.3, 0.4) is 0 Å². The average molecular weight is 395 g/mol. The molecule has 2 rings (SSSR count). The lowest BCUT2D eigenvalue weighted by Gasteiger charge is -2.12. The standard InChI is InChI=1S/C19H23ClN2O3S/c1-4-13-6-7-14(5-2)15(10-13)12-21-19(23)17-9-8-16(11-18(17)20)22-26(3,24)25/h6-11,22H,4-5,12H2,1-3H3,(H,21,23). The van der Waals surface area contributed by atoms with Gasteiger partial charge in [-0.15, -0.1) is 0 Å². The number of anilines is 1. The van der Waals surface area contributed by atoms with Gasteiger partial charge in [0.25, 0.3) is 5.91 Å². The van der Waals surface area contributed by atoms with Crippen LogP contribution in [-0.4, -0.2) is 20.6 Å². The lowest BCUT2D eigenvalue weighted by Crippen LogP contribution is -2.24. The summed E-state index contributed by atoms with van der Waals surface area (Å²) in [7, 11) is -3.40. The highest BCUT2D eigenvalue weighted by Crippen LogP contribution is 2.22. The summed E-state index contributed by atoms with van der Waals surface area (Å²) in [6.07, 6.45) is 2.88. The molecule has 0 heterocycles. The van der Waals surface area contributed by atoms with Gasteiger partial charge in [-0.05, 0) is 47.7 Å². The van der Waals surface area contributed by atoms with E-state index in [0.717, 1.165) is 24.7 Å². The van der Waals surface area contributed by atoms with Gasteiger partial charge >= 0.3 is 0 Å². The Morgan fingerprint density at radius 2 is 1.77 bits per heavy atom. The van der Waals surface area contributed by atoms with E-state index in [1.807, 2.05) is 0 Å². The zero-order valence-corrected chi connectivity index (χ0v) is 16.7. The number of rotatable bonds is 7. The largest absolute Gasteiger partial charge is 0.348 e. The van der Waals surface area contributed by atoms with E-state index in [2.05, 4.69) is 42.1 Å². The summed E-state index contributed by atoms with van der Waals surface area (Å²) in [6, 6.07) is 10.8. The highest BCUT2D eigenvalue weighted by Gasteiger charge is 2.13. The molecule has 140 valence electrons. The van der Waals surface area contributed by atoms with Crippen LogP contribution in [0.5, 0.6) is 0 Å². The monoisotopic (exact) mass is 394 g/mol. The molecule has 0 aliphatic carbocycles. The van der Waals surface area contributed by atoms with Crippen molar-refractivity contribution in [1.29, 1.82) is 0 Å². The lowest BCUT2D eigenvalue weighted by atomic mass is 10.0. The van der Waals surface area contributed by atoms with E-state index in [-0.39, 0.29) is 10.9 Å². The van der Waals surface area contributed by atoms with Crippen LogP contribution in [0.2, 0.25) is 5.02 Å². The summed E-state index contributed by atoms with van der Waals surface area (Å²) in [5.74, 6) is -0.301. The Bertz CT molecular complexity index is 911. The van der Waals surface area contributed by atoms with Gasteiger partial charge in [0, 0.05) is 12.2 Å². The molecule has 2 aromatic carbocycles. The van der Waals surface area contributed by atoms with Crippen LogP contribution in [-0.2, 0) is 29.4 Å². The SMILES string of the molecule is CCc1ccc(CC)c(CNC(=O)c2ccc(NS(C)(=O)=O)cc2Cl)c1. The van der Waals surface area contributed by atoms with Crippen molar-refractivity contribution in [1.82, 2.24) is 5.32 Å². The Labute approximate surface area is 159 Å². The van der Waals surface area contributed by atoms with Gasteiger partial charge in [-0.2, -0.15) is 0 Å². The van der Waals surface area contributed by atoms with E-state index in [0.29, 0.717) is 17.8 Å². The summed E-state index contributed by atoms with van der Waals surface area (Å²) in [4.78, 5) is 12.5. The maximum absolute atomic E-state index is 12.5. The summed E-state index contributed by atoms with van der Waals surface area (Å²) < 4.78 is 24.9. The van der Waals surface area contributed by atoms with Crippen molar-refractivity contribution in [3.63, 3.8) is 0 Å². The molecule has 0 radical (unpaired) electrons. The first kappa shape index (κ1) is 20.3. The number of hydrogen-bond donors (Lipinski definition) is 2. The Morgan fingerprint density at radius 1 is 1.04 bits per heavy atom. The number of carbonyl (C=O) groups excluding carboxylic acids is 1. The summed E-state index contributed by atoms with van der Waals surface area (Å²) in [5, 5.41) is 3.08. The molecule has 0 aromatic heterocycles. The van der Waals surface area contributed by atoms with E-state index in [4.69, 9.17) is 11.6 Å². The normalized spacial score (nSPS) is 11.2. The third kappa shape index (κ3) is 5.47. The molecular weight excluding hydrogens is 372 g/mol. The molecule has 0 atom stereocenters. The predicted octanol–water partition coefficient (Wildman–Crippen LogP) is 3.77. The average Bonchev–Trinajstić information content (AvgIpc) is 2.58. The Hall–Kier alpha value is -2.05. The zero-order chi connectivity index (χ0) is 19.3. The number of amides is 1. The van der Waals surface area contributed by atoms with Crippen LogP contribution in [0.4, 0.5) is 5.69 Å². The molecule has 0 spiro atoms. The number of aryl methyl sites for hydroxylation is 2. The summed E-state index contributed by atoms with van der Waals surface area (Å²) in [6.45, 7) is 4.58. The fourth-order valence-electron chi connectivity index (χ4n) is 2.66. The van der Waals surface area contributed by atoms with Crippen molar-refractivity contribution in [2.24, 2.45) is 0 Å². The van der Waals surface area contributed by atoms with E-state index in [1.165, 1.54) is 29.3 Å². The molecule has 2 N–H and O–H groups in total. The molecular formula is C19H23ClN2O3S. The number of halogens is 1. The second kappa shape index (κ2) is 8.56. The minimum absolute atomic E-state index is 0.189. The molecule has 7 heteroatoms. The van der Waals surface area contributed by atoms with Gasteiger partial charge in [0.15, 0.2) is 0 Å². The number of carbonyl (C=O) groups is 1. The van der Waals surface area contributed by atoms with Gasteiger partial charge in [-0.3, -0.25) is 9.52 Å². The van der Waals surface area contributed by atoms with Crippen molar-refractivity contribution in [3.05, 3.63) is 63.7 Å². The fourth-order valence-corrected chi connectivity index (χ4v) is 3.48. The van der Waals surface area contributed by atoms with Gasteiger partial charge in [0.1, 0.15) is 0 Å². The molecule has 0 aliphatic heterocycles. The van der Waals surface area contributed by atoms with Crippen molar-refractivity contribution < 1.29 is 13.2 Å². The third-order valence-electron chi connectivity index (χ3n) is 4.02. The third-order valence-corrected chi connectivity index (χ3v) is 4.94. The fraction of sp³-hybridized carbons (Fsp3) is 0.316. The molecule has 0 bridgehead atoms. The van der Waals surface area contributed by atoms with Crippen LogP contribution in [0.25, 0.3) is 0 Å². The predicted molar refractivity (Wildman–Crippen MR) is 106 cm³/mol. The van der Waals surface area contributed by atoms with Gasteiger partial charge in [0.05, 0.1) is 16.8 Å². The first-order chi connectivity index (χ1) is 12.2. The number of sulfonamides is 1. The summed E-state index contributed by atoms with van der Waals surface area (Å²) >= 11 is 6.15. The molecule has 0 aliphatic rings. The van der Waals surface area contributed by atoms with Gasteiger partial charge in [-0.25, -0.2) is 8.42 Å². The molecule has 0 saturated carbocycles. The molecule has 0 saturated heterocycles. The topological polar surface area (TPSA) is 75.3 Å². The minimum Gasteiger partial charge on any atom is -0.348 e. The van der Waals surface area contributed by atoms with Crippen LogP contribution < -0.4 is 10.0 Å². The first-order valence-electron chi connectivity index (χ1n) is 8.39. The summed E-state index contributed by atoms with van der Waals surface area (Å²) in [5.41, 5.74) is 4.13. The maximum Gasteiger partial charge on any atom is 0.253 e. The Balaban J connectivity index is 2.13. The van der Waals surface area contributed by atoms with Gasteiger partial charge in [-0.1, -0.05) is 43.6 Å². The van der Waals surface area contributed by atoms with E-state index < -0.39 is 10.0 Å². The second-order valence-corrected chi connectivity index (χ2v) is 8.22. The quantitative estimate of drug-likeness (QED) is 0.750. The maximum atomic E-state index is 12.5. The lowest BCUT2D eigenvalue weighted by molar-refractivity contribution is 0.0951. The Morgan fingerprint density at radius 3 is 2.35 bits per heavy atom. The number of benzene rings is 2. The molecule has 5 nitrogen and oxygen atoms in total. The molecule has 26 heavy (non-hydrogen) atoms. The van der Waals surface area contributed by atoms with Crippen LogP contribution in [0.1, 0.15) is 40.9 Å². The van der Waals surface area contributed by atoms with Crippen molar-refractivity contribution in [2.75, 3.05) is 11.0 Å². The minimum atomic E-state index is -3.40. The van der Waals surface area contributed by atoms with Gasteiger partial charge in [0.2, 0.25) is 10.0 Å². The highest BCUT2D eigenvalue weighted by molar-refractivity contribution is 7.92. The van der Waals surface area contributed by atoms with Crippen LogP contribution >= 0.6 is 11.6 Å². The Kier molecular flexibility index (Phi) is 6.67.